The van der Waals surface area contributed by atoms with Gasteiger partial charge < -0.3 is 9.47 Å². The van der Waals surface area contributed by atoms with Crippen molar-refractivity contribution in [1.29, 1.82) is 0 Å². The molecule has 0 N–H and O–H groups in total. The summed E-state index contributed by atoms with van der Waals surface area (Å²) in [5.41, 5.74) is 2.81. The summed E-state index contributed by atoms with van der Waals surface area (Å²) in [5, 5.41) is 0. The van der Waals surface area contributed by atoms with E-state index in [9.17, 15) is 9.59 Å². The third kappa shape index (κ3) is 5.33. The number of ether oxygens (including phenoxy) is 2. The molecule has 4 nitrogen and oxygen atoms in total. The Balaban J connectivity index is 4.20. The van der Waals surface area contributed by atoms with Gasteiger partial charge in [0.05, 0.1) is 0 Å². The maximum absolute atomic E-state index is 11.4. The fourth-order valence-corrected chi connectivity index (χ4v) is 0.761. The second-order valence-corrected chi connectivity index (χ2v) is 4.23. The Morgan fingerprint density at radius 1 is 0.706 bits per heavy atom. The number of hydrogen-bond donors (Lipinski definition) is 0. The molecule has 0 saturated heterocycles. The molecule has 0 saturated carbocycles. The summed E-state index contributed by atoms with van der Waals surface area (Å²) in [6, 6.07) is 0. The molecule has 0 aromatic carbocycles. The first kappa shape index (κ1) is 15.4. The van der Waals surface area contributed by atoms with Crippen molar-refractivity contribution in [2.75, 3.05) is 6.79 Å². The van der Waals surface area contributed by atoms with E-state index in [1.807, 2.05) is 27.7 Å². The lowest BCUT2D eigenvalue weighted by Gasteiger charge is -2.08. The number of carbonyl (C=O) groups excluding carboxylic acids is 2. The lowest BCUT2D eigenvalue weighted by Crippen LogP contribution is -2.14. The summed E-state index contributed by atoms with van der Waals surface area (Å²) in [6.45, 7) is 10.2. The molecule has 0 aliphatic carbocycles. The second-order valence-electron chi connectivity index (χ2n) is 4.23. The van der Waals surface area contributed by atoms with E-state index in [0.717, 1.165) is 11.1 Å². The molecule has 4 heteroatoms. The van der Waals surface area contributed by atoms with Gasteiger partial charge in [-0.15, -0.1) is 0 Å². The van der Waals surface area contributed by atoms with Gasteiger partial charge in [-0.1, -0.05) is 11.1 Å². The normalized spacial score (nSPS) is 9.29. The SMILES string of the molecule is CC(C)=C(C)C(=O)OCOC(=O)C(C)=C(C)C. The maximum atomic E-state index is 11.4. The Labute approximate surface area is 102 Å². The molecular weight excluding hydrogens is 220 g/mol. The molecule has 0 spiro atoms. The van der Waals surface area contributed by atoms with Crippen molar-refractivity contribution >= 4 is 11.9 Å². The lowest BCUT2D eigenvalue weighted by atomic mass is 10.2. The quantitative estimate of drug-likeness (QED) is 0.430. The van der Waals surface area contributed by atoms with Crippen LogP contribution in [0.15, 0.2) is 22.3 Å². The van der Waals surface area contributed by atoms with Crippen LogP contribution in [-0.2, 0) is 19.1 Å². The molecule has 0 bridgehead atoms. The molecular formula is C13H20O4. The Kier molecular flexibility index (Phi) is 6.25. The van der Waals surface area contributed by atoms with Crippen LogP contribution in [0, 0.1) is 0 Å². The smallest absolute Gasteiger partial charge is 0.336 e. The van der Waals surface area contributed by atoms with Crippen LogP contribution >= 0.6 is 0 Å². The van der Waals surface area contributed by atoms with Gasteiger partial charge in [0.15, 0.2) is 0 Å². The van der Waals surface area contributed by atoms with Gasteiger partial charge in [0, 0.05) is 11.1 Å². The summed E-state index contributed by atoms with van der Waals surface area (Å²) < 4.78 is 9.61. The third-order valence-corrected chi connectivity index (χ3v) is 2.49. The fourth-order valence-electron chi connectivity index (χ4n) is 0.761. The van der Waals surface area contributed by atoms with Gasteiger partial charge in [0.1, 0.15) is 0 Å². The van der Waals surface area contributed by atoms with Crippen molar-refractivity contribution in [2.24, 2.45) is 0 Å². The van der Waals surface area contributed by atoms with Gasteiger partial charge in [-0.3, -0.25) is 0 Å². The van der Waals surface area contributed by atoms with Crippen LogP contribution < -0.4 is 0 Å². The van der Waals surface area contributed by atoms with E-state index in [1.54, 1.807) is 13.8 Å². The Bertz CT molecular complexity index is 331. The van der Waals surface area contributed by atoms with Gasteiger partial charge in [-0.05, 0) is 41.5 Å². The molecule has 0 amide bonds. The van der Waals surface area contributed by atoms with Crippen molar-refractivity contribution in [1.82, 2.24) is 0 Å². The summed E-state index contributed by atoms with van der Waals surface area (Å²) in [5.74, 6) is -0.930. The highest BCUT2D eigenvalue weighted by Gasteiger charge is 2.10. The van der Waals surface area contributed by atoms with E-state index in [1.165, 1.54) is 0 Å². The Morgan fingerprint density at radius 3 is 1.24 bits per heavy atom. The van der Waals surface area contributed by atoms with Gasteiger partial charge in [-0.25, -0.2) is 9.59 Å². The largest absolute Gasteiger partial charge is 0.424 e. The van der Waals surface area contributed by atoms with Crippen molar-refractivity contribution in [3.05, 3.63) is 22.3 Å². The molecule has 0 radical (unpaired) electrons. The number of allylic oxidation sites excluding steroid dienone is 2. The van der Waals surface area contributed by atoms with E-state index < -0.39 is 11.9 Å². The topological polar surface area (TPSA) is 52.6 Å². The van der Waals surface area contributed by atoms with E-state index in [2.05, 4.69) is 0 Å². The minimum atomic E-state index is -0.465. The Morgan fingerprint density at radius 2 is 1.00 bits per heavy atom. The molecule has 0 aromatic heterocycles. The van der Waals surface area contributed by atoms with Crippen LogP contribution in [0.25, 0.3) is 0 Å². The predicted octanol–water partition coefficient (Wildman–Crippen LogP) is 2.74. The average Bonchev–Trinajstić information content (AvgIpc) is 2.26. The molecule has 0 unspecified atom stereocenters. The number of rotatable bonds is 4. The maximum Gasteiger partial charge on any atom is 0.336 e. The molecule has 96 valence electrons. The fraction of sp³-hybridized carbons (Fsp3) is 0.538. The average molecular weight is 240 g/mol. The second kappa shape index (κ2) is 6.89. The molecule has 0 heterocycles. The van der Waals surface area contributed by atoms with Crippen molar-refractivity contribution in [2.45, 2.75) is 41.5 Å². The van der Waals surface area contributed by atoms with Crippen LogP contribution in [0.4, 0.5) is 0 Å². The number of hydrogen-bond acceptors (Lipinski definition) is 4. The highest BCUT2D eigenvalue weighted by atomic mass is 16.7. The van der Waals surface area contributed by atoms with Crippen LogP contribution in [0.5, 0.6) is 0 Å². The summed E-state index contributed by atoms with van der Waals surface area (Å²) in [6.07, 6.45) is 0. The number of esters is 2. The molecule has 0 aliphatic rings. The zero-order valence-corrected chi connectivity index (χ0v) is 11.3. The molecule has 17 heavy (non-hydrogen) atoms. The molecule has 0 atom stereocenters. The molecule has 0 aliphatic heterocycles. The van der Waals surface area contributed by atoms with Gasteiger partial charge in [-0.2, -0.15) is 0 Å². The van der Waals surface area contributed by atoms with Crippen molar-refractivity contribution in [3.8, 4) is 0 Å². The van der Waals surface area contributed by atoms with Crippen molar-refractivity contribution in [3.63, 3.8) is 0 Å². The highest BCUT2D eigenvalue weighted by Crippen LogP contribution is 2.06. The van der Waals surface area contributed by atoms with Crippen molar-refractivity contribution < 1.29 is 19.1 Å². The predicted molar refractivity (Wildman–Crippen MR) is 65.1 cm³/mol. The van der Waals surface area contributed by atoms with E-state index >= 15 is 0 Å². The summed E-state index contributed by atoms with van der Waals surface area (Å²) in [4.78, 5) is 22.8. The number of carbonyl (C=O) groups is 2. The molecule has 0 fully saturated rings. The van der Waals surface area contributed by atoms with Crippen LogP contribution in [0.2, 0.25) is 0 Å². The monoisotopic (exact) mass is 240 g/mol. The molecule has 0 rings (SSSR count). The van der Waals surface area contributed by atoms with E-state index in [0.29, 0.717) is 11.1 Å². The minimum absolute atomic E-state index is 0.354. The van der Waals surface area contributed by atoms with Crippen LogP contribution in [-0.4, -0.2) is 18.7 Å². The van der Waals surface area contributed by atoms with Gasteiger partial charge in [0.25, 0.3) is 0 Å². The first-order valence-corrected chi connectivity index (χ1v) is 5.39. The first-order chi connectivity index (χ1) is 7.77. The third-order valence-electron chi connectivity index (χ3n) is 2.49. The Hall–Kier alpha value is -1.58. The summed E-state index contributed by atoms with van der Waals surface area (Å²) in [7, 11) is 0. The lowest BCUT2D eigenvalue weighted by molar-refractivity contribution is -0.161. The van der Waals surface area contributed by atoms with Gasteiger partial charge in [0.2, 0.25) is 6.79 Å². The van der Waals surface area contributed by atoms with E-state index in [-0.39, 0.29) is 6.79 Å². The van der Waals surface area contributed by atoms with Gasteiger partial charge >= 0.3 is 11.9 Å². The summed E-state index contributed by atoms with van der Waals surface area (Å²) >= 11 is 0. The van der Waals surface area contributed by atoms with E-state index in [4.69, 9.17) is 9.47 Å². The van der Waals surface area contributed by atoms with Crippen LogP contribution in [0.3, 0.4) is 0 Å². The minimum Gasteiger partial charge on any atom is -0.424 e. The first-order valence-electron chi connectivity index (χ1n) is 5.39. The zero-order chi connectivity index (χ0) is 13.6. The highest BCUT2D eigenvalue weighted by molar-refractivity contribution is 5.89. The standard InChI is InChI=1S/C13H20O4/c1-8(2)10(5)12(14)16-7-17-13(15)11(6)9(3)4/h7H2,1-6H3. The van der Waals surface area contributed by atoms with Crippen LogP contribution in [0.1, 0.15) is 41.5 Å². The zero-order valence-electron chi connectivity index (χ0n) is 11.3. The molecule has 0 aromatic rings.